The molecule has 0 N–H and O–H groups in total. The zero-order valence-electron chi connectivity index (χ0n) is 12.8. The van der Waals surface area contributed by atoms with E-state index in [1.54, 1.807) is 0 Å². The van der Waals surface area contributed by atoms with Gasteiger partial charge in [0.15, 0.2) is 0 Å². The monoisotopic (exact) mass is 256 g/mol. The number of ether oxygens (including phenoxy) is 1. The van der Waals surface area contributed by atoms with Crippen molar-refractivity contribution in [3.05, 3.63) is 0 Å². The van der Waals surface area contributed by atoms with Crippen LogP contribution >= 0.6 is 0 Å². The van der Waals surface area contributed by atoms with Crippen LogP contribution in [0.25, 0.3) is 0 Å². The van der Waals surface area contributed by atoms with Crippen molar-refractivity contribution in [1.82, 2.24) is 0 Å². The Hall–Kier alpha value is -0.370. The summed E-state index contributed by atoms with van der Waals surface area (Å²) in [5.41, 5.74) is 0. The van der Waals surface area contributed by atoms with Crippen LogP contribution in [0.2, 0.25) is 0 Å². The minimum Gasteiger partial charge on any atom is -0.381 e. The highest BCUT2D eigenvalue weighted by molar-refractivity contribution is 5.80. The van der Waals surface area contributed by atoms with E-state index in [1.807, 2.05) is 13.8 Å². The smallest absolute Gasteiger partial charge is 0.135 e. The zero-order valence-corrected chi connectivity index (χ0v) is 12.8. The summed E-state index contributed by atoms with van der Waals surface area (Å²) in [5.74, 6) is 1.27. The predicted molar refractivity (Wildman–Crippen MR) is 77.8 cm³/mol. The normalized spacial score (nSPS) is 11.4. The van der Waals surface area contributed by atoms with Crippen LogP contribution in [0.1, 0.15) is 72.6 Å². The fraction of sp³-hybridized carbons (Fsp3) is 0.938. The van der Waals surface area contributed by atoms with Crippen molar-refractivity contribution in [1.29, 1.82) is 0 Å². The van der Waals surface area contributed by atoms with E-state index in [4.69, 9.17) is 4.74 Å². The average Bonchev–Trinajstić information content (AvgIpc) is 2.30. The standard InChI is InChI=1S/C16H32O2/c1-14(2)13-18-12-10-8-6-5-7-9-11-16(17)15(3)4/h14-15H,5-13H2,1-4H3. The number of carbonyl (C=O) groups is 1. The predicted octanol–water partition coefficient (Wildman–Crippen LogP) is 4.61. The second-order valence-electron chi connectivity index (χ2n) is 5.96. The molecule has 0 spiro atoms. The molecular weight excluding hydrogens is 224 g/mol. The third kappa shape index (κ3) is 12.1. The van der Waals surface area contributed by atoms with Crippen molar-refractivity contribution < 1.29 is 9.53 Å². The Bertz CT molecular complexity index is 197. The van der Waals surface area contributed by atoms with Crippen LogP contribution in [0.4, 0.5) is 0 Å². The summed E-state index contributed by atoms with van der Waals surface area (Å²) in [6, 6.07) is 0. The molecule has 0 unspecified atom stereocenters. The maximum atomic E-state index is 11.4. The molecule has 18 heavy (non-hydrogen) atoms. The number of unbranched alkanes of at least 4 members (excludes halogenated alkanes) is 5. The minimum absolute atomic E-state index is 0.211. The number of hydrogen-bond donors (Lipinski definition) is 0. The molecule has 0 fully saturated rings. The maximum Gasteiger partial charge on any atom is 0.135 e. The van der Waals surface area contributed by atoms with Crippen molar-refractivity contribution in [3.63, 3.8) is 0 Å². The molecule has 0 aromatic carbocycles. The van der Waals surface area contributed by atoms with Gasteiger partial charge >= 0.3 is 0 Å². The van der Waals surface area contributed by atoms with Crippen LogP contribution in [0.3, 0.4) is 0 Å². The van der Waals surface area contributed by atoms with E-state index in [0.717, 1.165) is 26.1 Å². The van der Waals surface area contributed by atoms with E-state index in [2.05, 4.69) is 13.8 Å². The van der Waals surface area contributed by atoms with Crippen LogP contribution in [-0.4, -0.2) is 19.0 Å². The summed E-state index contributed by atoms with van der Waals surface area (Å²) >= 11 is 0. The fourth-order valence-corrected chi connectivity index (χ4v) is 1.82. The van der Waals surface area contributed by atoms with Crippen LogP contribution in [-0.2, 0) is 9.53 Å². The summed E-state index contributed by atoms with van der Waals surface area (Å²) < 4.78 is 5.54. The van der Waals surface area contributed by atoms with Crippen LogP contribution in [0.15, 0.2) is 0 Å². The largest absolute Gasteiger partial charge is 0.381 e. The van der Waals surface area contributed by atoms with Crippen molar-refractivity contribution in [2.75, 3.05) is 13.2 Å². The molecule has 0 amide bonds. The van der Waals surface area contributed by atoms with Crippen LogP contribution < -0.4 is 0 Å². The van der Waals surface area contributed by atoms with Crippen LogP contribution in [0.5, 0.6) is 0 Å². The molecule has 0 atom stereocenters. The Labute approximate surface area is 113 Å². The van der Waals surface area contributed by atoms with Gasteiger partial charge in [0.05, 0.1) is 0 Å². The highest BCUT2D eigenvalue weighted by Gasteiger charge is 2.05. The lowest BCUT2D eigenvalue weighted by molar-refractivity contribution is -0.122. The average molecular weight is 256 g/mol. The van der Waals surface area contributed by atoms with E-state index in [0.29, 0.717) is 11.7 Å². The highest BCUT2D eigenvalue weighted by Crippen LogP contribution is 2.10. The summed E-state index contributed by atoms with van der Waals surface area (Å²) in [7, 11) is 0. The molecule has 108 valence electrons. The lowest BCUT2D eigenvalue weighted by Gasteiger charge is -2.06. The van der Waals surface area contributed by atoms with E-state index in [1.165, 1.54) is 32.1 Å². The molecule has 0 saturated heterocycles. The van der Waals surface area contributed by atoms with Gasteiger partial charge in [0.2, 0.25) is 0 Å². The third-order valence-corrected chi connectivity index (χ3v) is 3.06. The molecule has 2 heteroatoms. The zero-order chi connectivity index (χ0) is 13.8. The second kappa shape index (κ2) is 11.7. The Balaban J connectivity index is 3.10. The first kappa shape index (κ1) is 17.6. The van der Waals surface area contributed by atoms with Crippen molar-refractivity contribution in [2.24, 2.45) is 11.8 Å². The molecule has 0 bridgehead atoms. The molecular formula is C16H32O2. The molecule has 0 aliphatic carbocycles. The van der Waals surface area contributed by atoms with Crippen molar-refractivity contribution in [2.45, 2.75) is 72.6 Å². The molecule has 0 heterocycles. The molecule has 2 nitrogen and oxygen atoms in total. The van der Waals surface area contributed by atoms with Crippen molar-refractivity contribution in [3.8, 4) is 0 Å². The number of rotatable bonds is 12. The summed E-state index contributed by atoms with van der Waals surface area (Å²) in [6.07, 6.45) is 8.02. The number of Topliss-reactive ketones (excluding diaryl/α,β-unsaturated/α-hetero) is 1. The number of carbonyl (C=O) groups excluding carboxylic acids is 1. The minimum atomic E-state index is 0.211. The Morgan fingerprint density at radius 1 is 0.889 bits per heavy atom. The Morgan fingerprint density at radius 3 is 2.00 bits per heavy atom. The lowest BCUT2D eigenvalue weighted by atomic mass is 10.0. The van der Waals surface area contributed by atoms with Gasteiger partial charge in [-0.1, -0.05) is 53.4 Å². The van der Waals surface area contributed by atoms with Gasteiger partial charge in [0, 0.05) is 25.6 Å². The highest BCUT2D eigenvalue weighted by atomic mass is 16.5. The first-order valence-electron chi connectivity index (χ1n) is 7.64. The first-order chi connectivity index (χ1) is 8.54. The third-order valence-electron chi connectivity index (χ3n) is 3.06. The van der Waals surface area contributed by atoms with E-state index < -0.39 is 0 Å². The molecule has 0 aromatic rings. The number of ketones is 1. The van der Waals surface area contributed by atoms with Gasteiger partial charge in [0.25, 0.3) is 0 Å². The molecule has 0 saturated carbocycles. The number of hydrogen-bond acceptors (Lipinski definition) is 2. The van der Waals surface area contributed by atoms with E-state index in [-0.39, 0.29) is 5.92 Å². The molecule has 0 aliphatic heterocycles. The molecule has 0 rings (SSSR count). The fourth-order valence-electron chi connectivity index (χ4n) is 1.82. The summed E-state index contributed by atoms with van der Waals surface area (Å²) in [6.45, 7) is 10.1. The Morgan fingerprint density at radius 2 is 1.44 bits per heavy atom. The van der Waals surface area contributed by atoms with Crippen molar-refractivity contribution >= 4 is 5.78 Å². The maximum absolute atomic E-state index is 11.4. The van der Waals surface area contributed by atoms with Gasteiger partial charge in [-0.2, -0.15) is 0 Å². The second-order valence-corrected chi connectivity index (χ2v) is 5.96. The van der Waals surface area contributed by atoms with Gasteiger partial charge in [-0.3, -0.25) is 4.79 Å². The molecule has 0 radical (unpaired) electrons. The first-order valence-corrected chi connectivity index (χ1v) is 7.64. The van der Waals surface area contributed by atoms with E-state index >= 15 is 0 Å². The van der Waals surface area contributed by atoms with Gasteiger partial charge < -0.3 is 4.74 Å². The quantitative estimate of drug-likeness (QED) is 0.476. The molecule has 0 aromatic heterocycles. The lowest BCUT2D eigenvalue weighted by Crippen LogP contribution is -2.06. The van der Waals surface area contributed by atoms with Crippen LogP contribution in [0, 0.1) is 11.8 Å². The van der Waals surface area contributed by atoms with Gasteiger partial charge in [-0.25, -0.2) is 0 Å². The summed E-state index contributed by atoms with van der Waals surface area (Å²) in [4.78, 5) is 11.4. The van der Waals surface area contributed by atoms with Gasteiger partial charge in [-0.15, -0.1) is 0 Å². The molecule has 0 aliphatic rings. The SMILES string of the molecule is CC(C)COCCCCCCCCC(=O)C(C)C. The van der Waals surface area contributed by atoms with E-state index in [9.17, 15) is 4.79 Å². The van der Waals surface area contributed by atoms with Gasteiger partial charge in [0.1, 0.15) is 5.78 Å². The van der Waals surface area contributed by atoms with Gasteiger partial charge in [-0.05, 0) is 18.8 Å². The Kier molecular flexibility index (Phi) is 11.5. The topological polar surface area (TPSA) is 26.3 Å². The summed E-state index contributed by atoms with van der Waals surface area (Å²) in [5, 5.41) is 0.